The lowest BCUT2D eigenvalue weighted by atomic mass is 10.1. The third-order valence-electron chi connectivity index (χ3n) is 5.34. The minimum atomic E-state index is -0.229. The SMILES string of the molecule is Cc1ccc(-c2nc3cc(NC(=O)COc4cccc(C)c4C)ccc3o2)cc1C. The Labute approximate surface area is 175 Å². The van der Waals surface area contributed by atoms with Gasteiger partial charge >= 0.3 is 0 Å². The zero-order chi connectivity index (χ0) is 21.3. The van der Waals surface area contributed by atoms with E-state index in [4.69, 9.17) is 9.15 Å². The number of amides is 1. The van der Waals surface area contributed by atoms with E-state index in [9.17, 15) is 4.79 Å². The number of carbonyl (C=O) groups is 1. The van der Waals surface area contributed by atoms with E-state index in [0.717, 1.165) is 22.4 Å². The largest absolute Gasteiger partial charge is 0.483 e. The Morgan fingerprint density at radius 1 is 0.967 bits per heavy atom. The number of benzene rings is 3. The molecular weight excluding hydrogens is 376 g/mol. The van der Waals surface area contributed by atoms with Crippen molar-refractivity contribution in [2.75, 3.05) is 11.9 Å². The lowest BCUT2D eigenvalue weighted by molar-refractivity contribution is -0.118. The van der Waals surface area contributed by atoms with Crippen molar-refractivity contribution in [2.24, 2.45) is 0 Å². The molecule has 0 saturated heterocycles. The van der Waals surface area contributed by atoms with Crippen LogP contribution in [0.3, 0.4) is 0 Å². The van der Waals surface area contributed by atoms with E-state index in [0.29, 0.717) is 22.7 Å². The fraction of sp³-hybridized carbons (Fsp3) is 0.200. The number of rotatable bonds is 5. The molecule has 1 N–H and O–H groups in total. The summed E-state index contributed by atoms with van der Waals surface area (Å²) in [5.74, 6) is 1.05. The van der Waals surface area contributed by atoms with Gasteiger partial charge in [-0.2, -0.15) is 0 Å². The van der Waals surface area contributed by atoms with Gasteiger partial charge in [-0.15, -0.1) is 0 Å². The smallest absolute Gasteiger partial charge is 0.262 e. The van der Waals surface area contributed by atoms with E-state index in [1.165, 1.54) is 11.1 Å². The first-order chi connectivity index (χ1) is 14.4. The number of aromatic nitrogens is 1. The first-order valence-corrected chi connectivity index (χ1v) is 9.88. The lowest BCUT2D eigenvalue weighted by Crippen LogP contribution is -2.20. The second-order valence-corrected chi connectivity index (χ2v) is 7.54. The highest BCUT2D eigenvalue weighted by molar-refractivity contribution is 5.94. The Morgan fingerprint density at radius 2 is 1.80 bits per heavy atom. The van der Waals surface area contributed by atoms with Gasteiger partial charge in [0.2, 0.25) is 5.89 Å². The number of carbonyl (C=O) groups excluding carboxylic acids is 1. The van der Waals surface area contributed by atoms with Gasteiger partial charge in [-0.25, -0.2) is 4.98 Å². The molecule has 30 heavy (non-hydrogen) atoms. The van der Waals surface area contributed by atoms with Crippen LogP contribution in [0.5, 0.6) is 5.75 Å². The fourth-order valence-electron chi connectivity index (χ4n) is 3.22. The molecule has 0 bridgehead atoms. The summed E-state index contributed by atoms with van der Waals surface area (Å²) in [6.07, 6.45) is 0. The highest BCUT2D eigenvalue weighted by atomic mass is 16.5. The highest BCUT2D eigenvalue weighted by Gasteiger charge is 2.11. The molecular formula is C25H24N2O3. The molecule has 0 saturated carbocycles. The van der Waals surface area contributed by atoms with Gasteiger partial charge in [0.25, 0.3) is 5.91 Å². The van der Waals surface area contributed by atoms with Crippen LogP contribution in [0.1, 0.15) is 22.3 Å². The maximum atomic E-state index is 12.3. The summed E-state index contributed by atoms with van der Waals surface area (Å²) in [5.41, 5.74) is 7.52. The predicted octanol–water partition coefficient (Wildman–Crippen LogP) is 5.75. The van der Waals surface area contributed by atoms with E-state index >= 15 is 0 Å². The van der Waals surface area contributed by atoms with Gasteiger partial charge in [0.1, 0.15) is 11.3 Å². The number of aryl methyl sites for hydroxylation is 3. The van der Waals surface area contributed by atoms with E-state index in [2.05, 4.69) is 36.3 Å². The summed E-state index contributed by atoms with van der Waals surface area (Å²) < 4.78 is 11.6. The van der Waals surface area contributed by atoms with E-state index < -0.39 is 0 Å². The van der Waals surface area contributed by atoms with Crippen LogP contribution >= 0.6 is 0 Å². The molecule has 152 valence electrons. The Kier molecular flexibility index (Phi) is 5.27. The van der Waals surface area contributed by atoms with Crippen LogP contribution in [0.25, 0.3) is 22.6 Å². The molecule has 0 aliphatic rings. The van der Waals surface area contributed by atoms with Crippen LogP contribution in [0, 0.1) is 27.7 Å². The van der Waals surface area contributed by atoms with Crippen molar-refractivity contribution in [1.29, 1.82) is 0 Å². The Morgan fingerprint density at radius 3 is 2.60 bits per heavy atom. The van der Waals surface area contributed by atoms with Crippen LogP contribution in [-0.4, -0.2) is 17.5 Å². The average molecular weight is 400 g/mol. The van der Waals surface area contributed by atoms with E-state index in [1.54, 1.807) is 12.1 Å². The number of nitrogens with one attached hydrogen (secondary N) is 1. The van der Waals surface area contributed by atoms with Crippen molar-refractivity contribution < 1.29 is 13.9 Å². The second-order valence-electron chi connectivity index (χ2n) is 7.54. The number of nitrogens with zero attached hydrogens (tertiary/aromatic N) is 1. The van der Waals surface area contributed by atoms with Crippen molar-refractivity contribution in [2.45, 2.75) is 27.7 Å². The van der Waals surface area contributed by atoms with Gasteiger partial charge in [-0.1, -0.05) is 18.2 Å². The van der Waals surface area contributed by atoms with Gasteiger partial charge in [-0.05, 0) is 86.3 Å². The topological polar surface area (TPSA) is 64.4 Å². The Balaban J connectivity index is 1.47. The van der Waals surface area contributed by atoms with Gasteiger partial charge < -0.3 is 14.5 Å². The van der Waals surface area contributed by atoms with Gasteiger partial charge in [0, 0.05) is 11.3 Å². The molecule has 1 amide bonds. The zero-order valence-corrected chi connectivity index (χ0v) is 17.6. The molecule has 0 unspecified atom stereocenters. The van der Waals surface area contributed by atoms with Crippen LogP contribution in [-0.2, 0) is 4.79 Å². The third kappa shape index (κ3) is 4.06. The van der Waals surface area contributed by atoms with Crippen LogP contribution in [0.15, 0.2) is 59.0 Å². The van der Waals surface area contributed by atoms with Crippen molar-refractivity contribution in [3.05, 3.63) is 76.9 Å². The number of oxazole rings is 1. The standard InChI is InChI=1S/C25H24N2O3/c1-15-8-9-19(12-17(15)3)25-27-21-13-20(10-11-23(21)30-25)26-24(28)14-29-22-7-5-6-16(2)18(22)4/h5-13H,14H2,1-4H3,(H,26,28). The molecule has 0 fully saturated rings. The first-order valence-electron chi connectivity index (χ1n) is 9.88. The molecule has 0 atom stereocenters. The molecule has 4 aromatic rings. The normalized spacial score (nSPS) is 10.9. The number of anilines is 1. The molecule has 0 aliphatic carbocycles. The van der Waals surface area contributed by atoms with Gasteiger partial charge in [0.05, 0.1) is 0 Å². The molecule has 0 aliphatic heterocycles. The maximum absolute atomic E-state index is 12.3. The van der Waals surface area contributed by atoms with Crippen molar-refractivity contribution in [3.8, 4) is 17.2 Å². The molecule has 0 spiro atoms. The fourth-order valence-corrected chi connectivity index (χ4v) is 3.22. The summed E-state index contributed by atoms with van der Waals surface area (Å²) in [7, 11) is 0. The Bertz CT molecular complexity index is 1240. The Hall–Kier alpha value is -3.60. The first kappa shape index (κ1) is 19.7. The zero-order valence-electron chi connectivity index (χ0n) is 17.6. The van der Waals surface area contributed by atoms with Crippen LogP contribution in [0.4, 0.5) is 5.69 Å². The van der Waals surface area contributed by atoms with E-state index in [-0.39, 0.29) is 12.5 Å². The quantitative estimate of drug-likeness (QED) is 0.463. The average Bonchev–Trinajstić information content (AvgIpc) is 3.14. The monoisotopic (exact) mass is 400 g/mol. The molecule has 5 heteroatoms. The molecule has 0 radical (unpaired) electrons. The minimum absolute atomic E-state index is 0.0605. The molecule has 1 heterocycles. The molecule has 1 aromatic heterocycles. The summed E-state index contributed by atoms with van der Waals surface area (Å²) in [6, 6.07) is 17.3. The number of hydrogen-bond acceptors (Lipinski definition) is 4. The van der Waals surface area contributed by atoms with E-state index in [1.807, 2.05) is 44.2 Å². The predicted molar refractivity (Wildman–Crippen MR) is 119 cm³/mol. The van der Waals surface area contributed by atoms with Crippen molar-refractivity contribution in [1.82, 2.24) is 4.98 Å². The minimum Gasteiger partial charge on any atom is -0.483 e. The number of hydrogen-bond donors (Lipinski definition) is 1. The number of fused-ring (bicyclic) bond motifs is 1. The molecule has 5 nitrogen and oxygen atoms in total. The van der Waals surface area contributed by atoms with Gasteiger partial charge in [0.15, 0.2) is 12.2 Å². The van der Waals surface area contributed by atoms with Crippen LogP contribution in [0.2, 0.25) is 0 Å². The number of ether oxygens (including phenoxy) is 1. The molecule has 4 rings (SSSR count). The summed E-state index contributed by atoms with van der Waals surface area (Å²) >= 11 is 0. The second kappa shape index (κ2) is 8.03. The summed E-state index contributed by atoms with van der Waals surface area (Å²) in [5, 5.41) is 2.86. The third-order valence-corrected chi connectivity index (χ3v) is 5.34. The summed E-state index contributed by atoms with van der Waals surface area (Å²) in [6.45, 7) is 8.07. The molecule has 3 aromatic carbocycles. The van der Waals surface area contributed by atoms with Gasteiger partial charge in [-0.3, -0.25) is 4.79 Å². The summed E-state index contributed by atoms with van der Waals surface area (Å²) in [4.78, 5) is 16.9. The highest BCUT2D eigenvalue weighted by Crippen LogP contribution is 2.27. The van der Waals surface area contributed by atoms with Crippen LogP contribution < -0.4 is 10.1 Å². The lowest BCUT2D eigenvalue weighted by Gasteiger charge is -2.11. The van der Waals surface area contributed by atoms with Crippen molar-refractivity contribution >= 4 is 22.7 Å². The maximum Gasteiger partial charge on any atom is 0.262 e. The van der Waals surface area contributed by atoms with Crippen molar-refractivity contribution in [3.63, 3.8) is 0 Å².